The van der Waals surface area contributed by atoms with E-state index in [1.807, 2.05) is 42.6 Å². The Labute approximate surface area is 133 Å². The summed E-state index contributed by atoms with van der Waals surface area (Å²) in [4.78, 5) is 21.3. The van der Waals surface area contributed by atoms with Crippen LogP contribution < -0.4 is 5.32 Å². The third kappa shape index (κ3) is 3.92. The lowest BCUT2D eigenvalue weighted by atomic mass is 10.1. The molecule has 1 aromatic carbocycles. The number of hydrogen-bond donors (Lipinski definition) is 1. The molecule has 2 aromatic rings. The number of oxime groups is 1. The van der Waals surface area contributed by atoms with Crippen molar-refractivity contribution in [3.63, 3.8) is 0 Å². The maximum atomic E-state index is 11.6. The molecular formula is C16H17N3O2S. The van der Waals surface area contributed by atoms with Gasteiger partial charge in [0.25, 0.3) is 0 Å². The predicted octanol–water partition coefficient (Wildman–Crippen LogP) is 3.43. The highest BCUT2D eigenvalue weighted by atomic mass is 32.1. The molecular weight excluding hydrogens is 298 g/mol. The van der Waals surface area contributed by atoms with Gasteiger partial charge >= 0.3 is 0 Å². The van der Waals surface area contributed by atoms with Gasteiger partial charge in [-0.25, -0.2) is 4.98 Å². The Morgan fingerprint density at radius 3 is 2.91 bits per heavy atom. The van der Waals surface area contributed by atoms with Crippen molar-refractivity contribution >= 4 is 28.1 Å². The third-order valence-electron chi connectivity index (χ3n) is 3.34. The molecule has 1 heterocycles. The highest BCUT2D eigenvalue weighted by Crippen LogP contribution is 2.30. The first-order valence-corrected chi connectivity index (χ1v) is 8.07. The van der Waals surface area contributed by atoms with Gasteiger partial charge in [-0.2, -0.15) is 0 Å². The van der Waals surface area contributed by atoms with Gasteiger partial charge in [0.05, 0.1) is 11.4 Å². The fraction of sp³-hybridized carbons (Fsp3) is 0.312. The summed E-state index contributed by atoms with van der Waals surface area (Å²) in [6.45, 7) is 2.19. The van der Waals surface area contributed by atoms with E-state index in [-0.39, 0.29) is 11.8 Å². The van der Waals surface area contributed by atoms with Crippen molar-refractivity contribution in [2.75, 3.05) is 5.32 Å². The van der Waals surface area contributed by atoms with Crippen molar-refractivity contribution in [3.8, 4) is 0 Å². The van der Waals surface area contributed by atoms with Gasteiger partial charge in [0.15, 0.2) is 11.7 Å². The molecule has 22 heavy (non-hydrogen) atoms. The van der Waals surface area contributed by atoms with Crippen LogP contribution in [0.3, 0.4) is 0 Å². The van der Waals surface area contributed by atoms with E-state index in [1.54, 1.807) is 0 Å². The predicted molar refractivity (Wildman–Crippen MR) is 86.9 cm³/mol. The zero-order chi connectivity index (χ0) is 15.4. The first kappa shape index (κ1) is 14.7. The molecule has 5 nitrogen and oxygen atoms in total. The molecule has 0 aliphatic heterocycles. The van der Waals surface area contributed by atoms with Crippen LogP contribution in [0.25, 0.3) is 0 Å². The Bertz CT molecular complexity index is 678. The molecule has 1 saturated carbocycles. The molecule has 0 unspecified atom stereocenters. The molecule has 114 valence electrons. The van der Waals surface area contributed by atoms with Crippen molar-refractivity contribution in [2.45, 2.75) is 26.4 Å². The number of aromatic nitrogens is 1. The van der Waals surface area contributed by atoms with E-state index in [0.717, 1.165) is 29.8 Å². The van der Waals surface area contributed by atoms with Crippen molar-refractivity contribution in [3.05, 3.63) is 47.0 Å². The number of hydrogen-bond acceptors (Lipinski definition) is 5. The maximum absolute atomic E-state index is 11.6. The molecule has 1 aliphatic rings. The van der Waals surface area contributed by atoms with E-state index in [2.05, 4.69) is 15.5 Å². The molecule has 3 rings (SSSR count). The standard InChI is InChI=1S/C16H17N3O2S/c1-11(12-5-3-2-4-6-12)19-21-9-14-10-22-16(17-14)18-15(20)13-7-8-13/h2-6,10,13H,7-9H2,1H3,(H,17,18,20)/b19-11-. The highest BCUT2D eigenvalue weighted by molar-refractivity contribution is 7.13. The van der Waals surface area contributed by atoms with Gasteiger partial charge in [-0.1, -0.05) is 35.5 Å². The van der Waals surface area contributed by atoms with E-state index >= 15 is 0 Å². The largest absolute Gasteiger partial charge is 0.389 e. The minimum absolute atomic E-state index is 0.0692. The lowest BCUT2D eigenvalue weighted by Gasteiger charge is -2.01. The molecule has 0 spiro atoms. The molecule has 0 saturated heterocycles. The molecule has 0 bridgehead atoms. The zero-order valence-corrected chi connectivity index (χ0v) is 13.1. The number of carbonyl (C=O) groups excluding carboxylic acids is 1. The Kier molecular flexibility index (Phi) is 4.48. The number of amides is 1. The summed E-state index contributed by atoms with van der Waals surface area (Å²) < 4.78 is 0. The zero-order valence-electron chi connectivity index (χ0n) is 12.3. The molecule has 0 radical (unpaired) electrons. The Morgan fingerprint density at radius 2 is 2.18 bits per heavy atom. The smallest absolute Gasteiger partial charge is 0.229 e. The molecule has 1 aromatic heterocycles. The number of rotatable bonds is 6. The average Bonchev–Trinajstić information content (AvgIpc) is 3.30. The highest BCUT2D eigenvalue weighted by Gasteiger charge is 2.30. The van der Waals surface area contributed by atoms with E-state index < -0.39 is 0 Å². The van der Waals surface area contributed by atoms with Gasteiger partial charge in [-0.3, -0.25) is 4.79 Å². The van der Waals surface area contributed by atoms with Crippen molar-refractivity contribution in [1.29, 1.82) is 0 Å². The van der Waals surface area contributed by atoms with Crippen LogP contribution in [0.5, 0.6) is 0 Å². The van der Waals surface area contributed by atoms with Crippen LogP contribution in [0, 0.1) is 5.92 Å². The van der Waals surface area contributed by atoms with Crippen molar-refractivity contribution in [1.82, 2.24) is 4.98 Å². The first-order valence-electron chi connectivity index (χ1n) is 7.19. The lowest BCUT2D eigenvalue weighted by molar-refractivity contribution is -0.117. The van der Waals surface area contributed by atoms with Gasteiger partial charge in [0.1, 0.15) is 0 Å². The fourth-order valence-corrected chi connectivity index (χ4v) is 2.61. The minimum atomic E-state index is 0.0692. The topological polar surface area (TPSA) is 63.6 Å². The maximum Gasteiger partial charge on any atom is 0.229 e. The quantitative estimate of drug-likeness (QED) is 0.656. The molecule has 0 atom stereocenters. The summed E-state index contributed by atoms with van der Waals surface area (Å²) in [6, 6.07) is 9.85. The molecule has 6 heteroatoms. The number of anilines is 1. The normalized spacial score (nSPS) is 14.7. The number of nitrogens with one attached hydrogen (secondary N) is 1. The second kappa shape index (κ2) is 6.70. The van der Waals surface area contributed by atoms with Crippen LogP contribution in [-0.2, 0) is 16.2 Å². The van der Waals surface area contributed by atoms with Crippen molar-refractivity contribution < 1.29 is 9.63 Å². The van der Waals surface area contributed by atoms with Crippen molar-refractivity contribution in [2.24, 2.45) is 11.1 Å². The Hall–Kier alpha value is -2.21. The fourth-order valence-electron chi connectivity index (χ4n) is 1.91. The van der Waals surface area contributed by atoms with Gasteiger partial charge < -0.3 is 10.2 Å². The summed E-state index contributed by atoms with van der Waals surface area (Å²) >= 11 is 1.41. The van der Waals surface area contributed by atoms with Crippen LogP contribution >= 0.6 is 11.3 Å². The number of carbonyl (C=O) groups is 1. The van der Waals surface area contributed by atoms with E-state index in [0.29, 0.717) is 11.7 Å². The first-order chi connectivity index (χ1) is 10.7. The van der Waals surface area contributed by atoms with Gasteiger partial charge in [-0.05, 0) is 25.3 Å². The molecule has 1 amide bonds. The van der Waals surface area contributed by atoms with E-state index in [9.17, 15) is 4.79 Å². The SMILES string of the molecule is C/C(=N/OCc1csc(NC(=O)C2CC2)n1)c1ccccc1. The molecule has 1 fully saturated rings. The molecule has 1 aliphatic carbocycles. The average molecular weight is 315 g/mol. The summed E-state index contributed by atoms with van der Waals surface area (Å²) in [5, 5.41) is 9.41. The van der Waals surface area contributed by atoms with Crippen LogP contribution in [0.4, 0.5) is 5.13 Å². The monoisotopic (exact) mass is 315 g/mol. The second-order valence-corrected chi connectivity index (χ2v) is 6.08. The summed E-state index contributed by atoms with van der Waals surface area (Å²) in [7, 11) is 0. The van der Waals surface area contributed by atoms with Crippen LogP contribution in [0.15, 0.2) is 40.9 Å². The van der Waals surface area contributed by atoms with E-state index in [1.165, 1.54) is 11.3 Å². The van der Waals surface area contributed by atoms with Crippen LogP contribution in [0.1, 0.15) is 31.0 Å². The Balaban J connectivity index is 1.51. The van der Waals surface area contributed by atoms with Gasteiger partial charge in [-0.15, -0.1) is 11.3 Å². The second-order valence-electron chi connectivity index (χ2n) is 5.22. The van der Waals surface area contributed by atoms with E-state index in [4.69, 9.17) is 4.84 Å². The lowest BCUT2D eigenvalue weighted by Crippen LogP contribution is -2.13. The summed E-state index contributed by atoms with van der Waals surface area (Å²) in [5.41, 5.74) is 2.61. The van der Waals surface area contributed by atoms with Gasteiger partial charge in [0, 0.05) is 11.3 Å². The summed E-state index contributed by atoms with van der Waals surface area (Å²) in [6.07, 6.45) is 1.97. The number of thiazole rings is 1. The van der Waals surface area contributed by atoms with Gasteiger partial charge in [0.2, 0.25) is 5.91 Å². The Morgan fingerprint density at radius 1 is 1.41 bits per heavy atom. The van der Waals surface area contributed by atoms with Crippen LogP contribution in [-0.4, -0.2) is 16.6 Å². The van der Waals surface area contributed by atoms with Crippen LogP contribution in [0.2, 0.25) is 0 Å². The number of nitrogens with zero attached hydrogens (tertiary/aromatic N) is 2. The molecule has 1 N–H and O–H groups in total. The minimum Gasteiger partial charge on any atom is -0.389 e. The third-order valence-corrected chi connectivity index (χ3v) is 4.14. The number of benzene rings is 1. The summed E-state index contributed by atoms with van der Waals surface area (Å²) in [5.74, 6) is 0.251.